The molecule has 1 aromatic rings. The number of carbonyl (C=O) groups is 2. The van der Waals surface area contributed by atoms with Crippen LogP contribution in [0.15, 0.2) is 18.6 Å². The summed E-state index contributed by atoms with van der Waals surface area (Å²) in [4.78, 5) is 37.0. The Hall–Kier alpha value is -2.02. The summed E-state index contributed by atoms with van der Waals surface area (Å²) in [7, 11) is 0. The Morgan fingerprint density at radius 2 is 1.96 bits per heavy atom. The third kappa shape index (κ3) is 8.03. The zero-order chi connectivity index (χ0) is 19.5. The van der Waals surface area contributed by atoms with Crippen LogP contribution < -0.4 is 5.32 Å². The molecule has 1 N–H and O–H groups in total. The number of nitrogens with one attached hydrogen (secondary N) is 1. The molecule has 150 valence electrons. The minimum absolute atomic E-state index is 0.00602. The second kappa shape index (κ2) is 11.6. The van der Waals surface area contributed by atoms with Gasteiger partial charge in [-0.25, -0.2) is 4.98 Å². The van der Waals surface area contributed by atoms with Crippen molar-refractivity contribution in [2.75, 3.05) is 39.3 Å². The van der Waals surface area contributed by atoms with Gasteiger partial charge < -0.3 is 15.1 Å². The average molecular weight is 376 g/mol. The Labute approximate surface area is 162 Å². The molecule has 0 bridgehead atoms. The van der Waals surface area contributed by atoms with E-state index in [9.17, 15) is 9.59 Å². The number of amides is 2. The van der Waals surface area contributed by atoms with Gasteiger partial charge in [-0.05, 0) is 38.3 Å². The predicted molar refractivity (Wildman–Crippen MR) is 105 cm³/mol. The van der Waals surface area contributed by atoms with Gasteiger partial charge in [-0.3, -0.25) is 14.6 Å². The number of hydrogen-bond acceptors (Lipinski definition) is 5. The lowest BCUT2D eigenvalue weighted by molar-refractivity contribution is -0.121. The molecule has 0 aromatic carbocycles. The Balaban J connectivity index is 1.77. The number of likely N-dealkylation sites (tertiary alicyclic amines) is 1. The number of aromatic nitrogens is 2. The second-order valence-electron chi connectivity index (χ2n) is 7.57. The second-order valence-corrected chi connectivity index (χ2v) is 7.57. The van der Waals surface area contributed by atoms with Crippen LogP contribution in [0.2, 0.25) is 0 Å². The van der Waals surface area contributed by atoms with Gasteiger partial charge in [-0.15, -0.1) is 0 Å². The summed E-state index contributed by atoms with van der Waals surface area (Å²) in [5.74, 6) is 0.318. The maximum Gasteiger partial charge on any atom is 0.274 e. The van der Waals surface area contributed by atoms with Crippen LogP contribution in [0.5, 0.6) is 0 Å². The van der Waals surface area contributed by atoms with Crippen LogP contribution in [0.4, 0.5) is 0 Å². The van der Waals surface area contributed by atoms with E-state index in [1.165, 1.54) is 31.7 Å². The van der Waals surface area contributed by atoms with Gasteiger partial charge in [0.1, 0.15) is 5.69 Å². The first-order valence-electron chi connectivity index (χ1n) is 10.1. The summed E-state index contributed by atoms with van der Waals surface area (Å²) in [6, 6.07) is 0. The van der Waals surface area contributed by atoms with E-state index in [4.69, 9.17) is 0 Å². The molecule has 1 aliphatic rings. The van der Waals surface area contributed by atoms with E-state index in [0.29, 0.717) is 37.7 Å². The summed E-state index contributed by atoms with van der Waals surface area (Å²) in [5, 5.41) is 2.98. The predicted octanol–water partition coefficient (Wildman–Crippen LogP) is 1.96. The topological polar surface area (TPSA) is 78.4 Å². The van der Waals surface area contributed by atoms with Crippen molar-refractivity contribution in [2.24, 2.45) is 5.92 Å². The summed E-state index contributed by atoms with van der Waals surface area (Å²) in [5.41, 5.74) is 0.326. The van der Waals surface area contributed by atoms with Crippen molar-refractivity contribution in [3.8, 4) is 0 Å². The van der Waals surface area contributed by atoms with E-state index in [1.54, 1.807) is 11.1 Å². The highest BCUT2D eigenvalue weighted by Crippen LogP contribution is 2.08. The van der Waals surface area contributed by atoms with E-state index in [1.807, 2.05) is 0 Å². The molecule has 0 spiro atoms. The lowest BCUT2D eigenvalue weighted by atomic mass is 10.1. The fraction of sp³-hybridized carbons (Fsp3) is 0.700. The molecular formula is C20H33N5O2. The molecule has 1 aliphatic heterocycles. The SMILES string of the molecule is CC(C)CCN(CCC(=O)NCCN1CCCCC1)C(=O)c1cnccn1. The van der Waals surface area contributed by atoms with E-state index in [-0.39, 0.29) is 11.8 Å². The Bertz CT molecular complexity index is 573. The maximum absolute atomic E-state index is 12.7. The van der Waals surface area contributed by atoms with Gasteiger partial charge in [0.05, 0.1) is 6.20 Å². The van der Waals surface area contributed by atoms with Crippen LogP contribution in [0.1, 0.15) is 56.4 Å². The molecule has 0 saturated carbocycles. The molecule has 2 heterocycles. The van der Waals surface area contributed by atoms with Gasteiger partial charge in [-0.1, -0.05) is 20.3 Å². The molecule has 0 atom stereocenters. The molecule has 0 aliphatic carbocycles. The number of piperidine rings is 1. The number of carbonyl (C=O) groups excluding carboxylic acids is 2. The van der Waals surface area contributed by atoms with Crippen LogP contribution in [0.25, 0.3) is 0 Å². The Morgan fingerprint density at radius 1 is 1.19 bits per heavy atom. The van der Waals surface area contributed by atoms with Crippen LogP contribution in [0, 0.1) is 5.92 Å². The minimum atomic E-state index is -0.162. The quantitative estimate of drug-likeness (QED) is 0.676. The van der Waals surface area contributed by atoms with Crippen molar-refractivity contribution in [3.63, 3.8) is 0 Å². The van der Waals surface area contributed by atoms with E-state index in [2.05, 4.69) is 34.0 Å². The molecule has 2 rings (SSSR count). The molecule has 27 heavy (non-hydrogen) atoms. The highest BCUT2D eigenvalue weighted by Gasteiger charge is 2.18. The highest BCUT2D eigenvalue weighted by molar-refractivity contribution is 5.92. The molecule has 1 fully saturated rings. The van der Waals surface area contributed by atoms with Crippen molar-refractivity contribution in [1.82, 2.24) is 25.1 Å². The molecule has 0 unspecified atom stereocenters. The average Bonchev–Trinajstić information content (AvgIpc) is 2.69. The first-order valence-corrected chi connectivity index (χ1v) is 10.1. The zero-order valence-corrected chi connectivity index (χ0v) is 16.7. The van der Waals surface area contributed by atoms with Crippen molar-refractivity contribution >= 4 is 11.8 Å². The molecule has 1 aromatic heterocycles. The number of nitrogens with zero attached hydrogens (tertiary/aromatic N) is 4. The lowest BCUT2D eigenvalue weighted by Gasteiger charge is -2.26. The highest BCUT2D eigenvalue weighted by atomic mass is 16.2. The number of hydrogen-bond donors (Lipinski definition) is 1. The summed E-state index contributed by atoms with van der Waals surface area (Å²) in [6.45, 7) is 9.10. The zero-order valence-electron chi connectivity index (χ0n) is 16.7. The first-order chi connectivity index (χ1) is 13.1. The molecule has 0 radical (unpaired) electrons. The molecule has 2 amide bonds. The number of rotatable bonds is 10. The third-order valence-electron chi connectivity index (χ3n) is 4.85. The van der Waals surface area contributed by atoms with Gasteiger partial charge in [0.2, 0.25) is 5.91 Å². The van der Waals surface area contributed by atoms with Crippen molar-refractivity contribution < 1.29 is 9.59 Å². The molecule has 7 nitrogen and oxygen atoms in total. The van der Waals surface area contributed by atoms with E-state index < -0.39 is 0 Å². The van der Waals surface area contributed by atoms with Crippen LogP contribution in [0.3, 0.4) is 0 Å². The largest absolute Gasteiger partial charge is 0.355 e. The maximum atomic E-state index is 12.7. The van der Waals surface area contributed by atoms with Crippen LogP contribution in [-0.4, -0.2) is 70.9 Å². The third-order valence-corrected chi connectivity index (χ3v) is 4.85. The molecule has 1 saturated heterocycles. The summed E-state index contributed by atoms with van der Waals surface area (Å²) >= 11 is 0. The fourth-order valence-electron chi connectivity index (χ4n) is 3.16. The van der Waals surface area contributed by atoms with Crippen molar-refractivity contribution in [1.29, 1.82) is 0 Å². The van der Waals surface area contributed by atoms with Crippen molar-refractivity contribution in [2.45, 2.75) is 46.0 Å². The van der Waals surface area contributed by atoms with Gasteiger partial charge in [-0.2, -0.15) is 0 Å². The molecule has 7 heteroatoms. The Morgan fingerprint density at radius 3 is 2.63 bits per heavy atom. The van der Waals surface area contributed by atoms with E-state index in [0.717, 1.165) is 26.1 Å². The van der Waals surface area contributed by atoms with E-state index >= 15 is 0 Å². The summed E-state index contributed by atoms with van der Waals surface area (Å²) < 4.78 is 0. The minimum Gasteiger partial charge on any atom is -0.355 e. The van der Waals surface area contributed by atoms with Crippen LogP contribution in [-0.2, 0) is 4.79 Å². The molecular weight excluding hydrogens is 342 g/mol. The van der Waals surface area contributed by atoms with Gasteiger partial charge >= 0.3 is 0 Å². The normalized spacial score (nSPS) is 14.9. The monoisotopic (exact) mass is 375 g/mol. The Kier molecular flexibility index (Phi) is 9.18. The van der Waals surface area contributed by atoms with Gasteiger partial charge in [0.15, 0.2) is 0 Å². The van der Waals surface area contributed by atoms with Crippen LogP contribution >= 0.6 is 0 Å². The van der Waals surface area contributed by atoms with Crippen molar-refractivity contribution in [3.05, 3.63) is 24.3 Å². The van der Waals surface area contributed by atoms with Gasteiger partial charge in [0.25, 0.3) is 5.91 Å². The lowest BCUT2D eigenvalue weighted by Crippen LogP contribution is -2.40. The smallest absolute Gasteiger partial charge is 0.274 e. The summed E-state index contributed by atoms with van der Waals surface area (Å²) in [6.07, 6.45) is 9.56. The fourth-order valence-corrected chi connectivity index (χ4v) is 3.16. The standard InChI is InChI=1S/C20H33N5O2/c1-17(2)6-13-25(20(27)18-16-21-8-9-22-18)14-7-19(26)23-10-15-24-11-4-3-5-12-24/h8-9,16-17H,3-7,10-15H2,1-2H3,(H,23,26). The first kappa shape index (κ1) is 21.3. The van der Waals surface area contributed by atoms with Gasteiger partial charge in [0, 0.05) is 45.0 Å².